The SMILES string of the molecule is Cl.c1cc(CN2CCOCC2)cc(-c2noc([C@@]34CCC[C@@H]3CNC4)n2)c1. The van der Waals surface area contributed by atoms with Gasteiger partial charge in [-0.25, -0.2) is 0 Å². The summed E-state index contributed by atoms with van der Waals surface area (Å²) in [5.41, 5.74) is 2.40. The molecule has 146 valence electrons. The van der Waals surface area contributed by atoms with Crippen LogP contribution in [-0.2, 0) is 16.7 Å². The fraction of sp³-hybridized carbons (Fsp3) is 0.600. The number of hydrogen-bond acceptors (Lipinski definition) is 6. The summed E-state index contributed by atoms with van der Waals surface area (Å²) in [6, 6.07) is 8.54. The van der Waals surface area contributed by atoms with Gasteiger partial charge in [0, 0.05) is 31.7 Å². The molecule has 2 aromatic rings. The Balaban J connectivity index is 0.00000180. The molecule has 2 saturated heterocycles. The Kier molecular flexibility index (Phi) is 5.50. The molecule has 0 radical (unpaired) electrons. The second kappa shape index (κ2) is 7.87. The van der Waals surface area contributed by atoms with E-state index >= 15 is 0 Å². The molecule has 27 heavy (non-hydrogen) atoms. The van der Waals surface area contributed by atoms with Crippen LogP contribution in [0.5, 0.6) is 0 Å². The van der Waals surface area contributed by atoms with Gasteiger partial charge in [-0.1, -0.05) is 29.8 Å². The molecular formula is C20H27ClN4O2. The van der Waals surface area contributed by atoms with Crippen molar-refractivity contribution in [1.82, 2.24) is 20.4 Å². The Bertz CT molecular complexity index is 765. The van der Waals surface area contributed by atoms with Crippen molar-refractivity contribution in [2.24, 2.45) is 5.92 Å². The molecule has 5 rings (SSSR count). The van der Waals surface area contributed by atoms with Crippen LogP contribution in [0.15, 0.2) is 28.8 Å². The Morgan fingerprint density at radius 1 is 1.26 bits per heavy atom. The lowest BCUT2D eigenvalue weighted by Crippen LogP contribution is -2.35. The molecule has 3 aliphatic rings. The largest absolute Gasteiger partial charge is 0.379 e. The van der Waals surface area contributed by atoms with E-state index in [1.54, 1.807) is 0 Å². The van der Waals surface area contributed by atoms with Gasteiger partial charge in [-0.15, -0.1) is 12.4 Å². The van der Waals surface area contributed by atoms with E-state index in [1.807, 2.05) is 0 Å². The fourth-order valence-electron chi connectivity index (χ4n) is 4.87. The monoisotopic (exact) mass is 390 g/mol. The maximum absolute atomic E-state index is 5.77. The minimum atomic E-state index is 0. The quantitative estimate of drug-likeness (QED) is 0.865. The number of aromatic nitrogens is 2. The zero-order valence-electron chi connectivity index (χ0n) is 15.5. The van der Waals surface area contributed by atoms with Crippen LogP contribution in [0.25, 0.3) is 11.4 Å². The number of morpholine rings is 1. The predicted octanol–water partition coefficient (Wildman–Crippen LogP) is 2.63. The number of fused-ring (bicyclic) bond motifs is 1. The van der Waals surface area contributed by atoms with E-state index in [1.165, 1.54) is 18.4 Å². The van der Waals surface area contributed by atoms with Gasteiger partial charge in [0.05, 0.1) is 18.6 Å². The molecule has 6 nitrogen and oxygen atoms in total. The van der Waals surface area contributed by atoms with Gasteiger partial charge in [0.2, 0.25) is 11.7 Å². The maximum atomic E-state index is 5.77. The first kappa shape index (κ1) is 18.9. The van der Waals surface area contributed by atoms with Gasteiger partial charge in [-0.05, 0) is 36.9 Å². The minimum absolute atomic E-state index is 0. The van der Waals surface area contributed by atoms with E-state index in [-0.39, 0.29) is 17.8 Å². The lowest BCUT2D eigenvalue weighted by atomic mass is 9.80. The fourth-order valence-corrected chi connectivity index (χ4v) is 4.87. The Morgan fingerprint density at radius 3 is 3.04 bits per heavy atom. The number of nitrogens with one attached hydrogen (secondary N) is 1. The highest BCUT2D eigenvalue weighted by Crippen LogP contribution is 2.47. The highest BCUT2D eigenvalue weighted by Gasteiger charge is 2.51. The highest BCUT2D eigenvalue weighted by molar-refractivity contribution is 5.85. The molecule has 3 fully saturated rings. The van der Waals surface area contributed by atoms with E-state index in [4.69, 9.17) is 14.2 Å². The van der Waals surface area contributed by atoms with Crippen molar-refractivity contribution in [3.8, 4) is 11.4 Å². The predicted molar refractivity (Wildman–Crippen MR) is 105 cm³/mol. The normalized spacial score (nSPS) is 28.1. The van der Waals surface area contributed by atoms with Gasteiger partial charge < -0.3 is 14.6 Å². The summed E-state index contributed by atoms with van der Waals surface area (Å²) < 4.78 is 11.2. The van der Waals surface area contributed by atoms with Gasteiger partial charge in [0.1, 0.15) is 0 Å². The van der Waals surface area contributed by atoms with Crippen molar-refractivity contribution in [3.05, 3.63) is 35.7 Å². The van der Waals surface area contributed by atoms with Gasteiger partial charge in [0.25, 0.3) is 0 Å². The summed E-state index contributed by atoms with van der Waals surface area (Å²) in [6.45, 7) is 6.62. The second-order valence-electron chi connectivity index (χ2n) is 7.89. The Labute approximate surface area is 166 Å². The molecule has 2 atom stereocenters. The van der Waals surface area contributed by atoms with E-state index < -0.39 is 0 Å². The number of ether oxygens (including phenoxy) is 1. The average molecular weight is 391 g/mol. The Morgan fingerprint density at radius 2 is 2.15 bits per heavy atom. The number of rotatable bonds is 4. The highest BCUT2D eigenvalue weighted by atomic mass is 35.5. The number of nitrogens with zero attached hydrogens (tertiary/aromatic N) is 3. The summed E-state index contributed by atoms with van der Waals surface area (Å²) >= 11 is 0. The molecular weight excluding hydrogens is 364 g/mol. The van der Waals surface area contributed by atoms with E-state index in [9.17, 15) is 0 Å². The van der Waals surface area contributed by atoms with E-state index in [0.717, 1.165) is 69.6 Å². The van der Waals surface area contributed by atoms with Crippen molar-refractivity contribution < 1.29 is 9.26 Å². The number of halogens is 1. The molecule has 7 heteroatoms. The first-order valence-corrected chi connectivity index (χ1v) is 9.78. The number of hydrogen-bond donors (Lipinski definition) is 1. The van der Waals surface area contributed by atoms with Crippen LogP contribution >= 0.6 is 12.4 Å². The zero-order chi connectivity index (χ0) is 17.4. The van der Waals surface area contributed by atoms with Crippen molar-refractivity contribution in [2.75, 3.05) is 39.4 Å². The third-order valence-electron chi connectivity index (χ3n) is 6.34. The van der Waals surface area contributed by atoms with Crippen LogP contribution < -0.4 is 5.32 Å². The molecule has 3 heterocycles. The molecule has 1 N–H and O–H groups in total. The molecule has 1 aromatic carbocycles. The second-order valence-corrected chi connectivity index (χ2v) is 7.89. The smallest absolute Gasteiger partial charge is 0.234 e. The van der Waals surface area contributed by atoms with Crippen LogP contribution in [0.4, 0.5) is 0 Å². The summed E-state index contributed by atoms with van der Waals surface area (Å²) in [7, 11) is 0. The molecule has 1 aromatic heterocycles. The van der Waals surface area contributed by atoms with Gasteiger partial charge >= 0.3 is 0 Å². The van der Waals surface area contributed by atoms with Crippen molar-refractivity contribution in [2.45, 2.75) is 31.2 Å². The van der Waals surface area contributed by atoms with E-state index in [0.29, 0.717) is 5.92 Å². The van der Waals surface area contributed by atoms with Crippen LogP contribution in [0.2, 0.25) is 0 Å². The lowest BCUT2D eigenvalue weighted by molar-refractivity contribution is 0.0342. The maximum Gasteiger partial charge on any atom is 0.234 e. The summed E-state index contributed by atoms with van der Waals surface area (Å²) in [5, 5.41) is 7.85. The van der Waals surface area contributed by atoms with Crippen LogP contribution in [0, 0.1) is 5.92 Å². The third kappa shape index (κ3) is 3.51. The van der Waals surface area contributed by atoms with Crippen molar-refractivity contribution in [1.29, 1.82) is 0 Å². The average Bonchev–Trinajstić information content (AvgIpc) is 3.38. The van der Waals surface area contributed by atoms with E-state index in [2.05, 4.69) is 39.6 Å². The van der Waals surface area contributed by atoms with Crippen LogP contribution in [0.1, 0.15) is 30.7 Å². The standard InChI is InChI=1S/C20H26N4O2.ClH/c1-3-15(13-24-7-9-25-10-8-24)11-16(4-1)18-22-19(26-23-18)20-6-2-5-17(20)12-21-14-20;/h1,3-4,11,17,21H,2,5-10,12-14H2;1H/t17-,20-;/m1./s1. The molecule has 0 amide bonds. The van der Waals surface area contributed by atoms with Gasteiger partial charge in [-0.2, -0.15) is 4.98 Å². The first-order valence-electron chi connectivity index (χ1n) is 9.78. The first-order chi connectivity index (χ1) is 12.8. The van der Waals surface area contributed by atoms with Crippen LogP contribution in [-0.4, -0.2) is 54.4 Å². The van der Waals surface area contributed by atoms with Gasteiger partial charge in [-0.3, -0.25) is 4.90 Å². The summed E-state index contributed by atoms with van der Waals surface area (Å²) in [6.07, 6.45) is 3.68. The number of benzene rings is 1. The topological polar surface area (TPSA) is 63.4 Å². The molecule has 1 saturated carbocycles. The lowest BCUT2D eigenvalue weighted by Gasteiger charge is -2.26. The molecule has 2 aliphatic heterocycles. The van der Waals surface area contributed by atoms with Gasteiger partial charge in [0.15, 0.2) is 0 Å². The molecule has 0 unspecified atom stereocenters. The Hall–Kier alpha value is -1.47. The summed E-state index contributed by atoms with van der Waals surface area (Å²) in [4.78, 5) is 7.26. The van der Waals surface area contributed by atoms with Crippen molar-refractivity contribution >= 4 is 12.4 Å². The van der Waals surface area contributed by atoms with Crippen LogP contribution in [0.3, 0.4) is 0 Å². The minimum Gasteiger partial charge on any atom is -0.379 e. The zero-order valence-corrected chi connectivity index (χ0v) is 16.3. The molecule has 1 aliphatic carbocycles. The molecule has 0 bridgehead atoms. The third-order valence-corrected chi connectivity index (χ3v) is 6.34. The molecule has 0 spiro atoms. The van der Waals surface area contributed by atoms with Crippen molar-refractivity contribution in [3.63, 3.8) is 0 Å². The summed E-state index contributed by atoms with van der Waals surface area (Å²) in [5.74, 6) is 2.19.